The highest BCUT2D eigenvalue weighted by atomic mass is 35.5. The number of rotatable bonds is 5. The van der Waals surface area contributed by atoms with Gasteiger partial charge in [0, 0.05) is 25.0 Å². The van der Waals surface area contributed by atoms with Crippen LogP contribution >= 0.6 is 12.4 Å². The number of likely N-dealkylation sites (N-methyl/N-ethyl adjacent to an activating group) is 1. The summed E-state index contributed by atoms with van der Waals surface area (Å²) in [4.78, 5) is 27.3. The molecule has 2 aromatic rings. The molecule has 1 heterocycles. The smallest absolute Gasteiger partial charge is 0.232 e. The number of halogens is 1. The molecule has 2 aliphatic rings. The molecule has 1 aliphatic heterocycles. The van der Waals surface area contributed by atoms with E-state index in [1.807, 2.05) is 54.6 Å². The van der Waals surface area contributed by atoms with Gasteiger partial charge < -0.3 is 15.5 Å². The quantitative estimate of drug-likeness (QED) is 0.757. The second-order valence-corrected chi connectivity index (χ2v) is 8.35. The van der Waals surface area contributed by atoms with Gasteiger partial charge >= 0.3 is 0 Å². The van der Waals surface area contributed by atoms with Crippen LogP contribution < -0.4 is 15.5 Å². The van der Waals surface area contributed by atoms with Crippen molar-refractivity contribution in [3.63, 3.8) is 0 Å². The van der Waals surface area contributed by atoms with Gasteiger partial charge in [0.1, 0.15) is 0 Å². The SMILES string of the molecule is CN(C(=O)Cc1ccc(NC(=O)[C@@]23CCCC[C@H]2CNC3)cc1)c1ccccc1.Cl. The maximum Gasteiger partial charge on any atom is 0.232 e. The molecule has 1 saturated carbocycles. The van der Waals surface area contributed by atoms with E-state index >= 15 is 0 Å². The molecule has 2 amide bonds. The average Bonchev–Trinajstić information content (AvgIpc) is 3.20. The molecule has 2 atom stereocenters. The molecule has 30 heavy (non-hydrogen) atoms. The number of amides is 2. The monoisotopic (exact) mass is 427 g/mol. The van der Waals surface area contributed by atoms with E-state index < -0.39 is 0 Å². The first kappa shape index (κ1) is 22.3. The van der Waals surface area contributed by atoms with Gasteiger partial charge in [0.15, 0.2) is 0 Å². The normalized spacial score (nSPS) is 22.5. The Hall–Kier alpha value is -2.37. The molecule has 0 bridgehead atoms. The predicted molar refractivity (Wildman–Crippen MR) is 123 cm³/mol. The van der Waals surface area contributed by atoms with E-state index in [0.29, 0.717) is 12.3 Å². The van der Waals surface area contributed by atoms with Crippen molar-refractivity contribution in [2.24, 2.45) is 11.3 Å². The second kappa shape index (κ2) is 9.63. The zero-order valence-corrected chi connectivity index (χ0v) is 18.2. The van der Waals surface area contributed by atoms with Crippen LogP contribution in [-0.4, -0.2) is 32.0 Å². The van der Waals surface area contributed by atoms with Crippen molar-refractivity contribution in [1.29, 1.82) is 0 Å². The lowest BCUT2D eigenvalue weighted by atomic mass is 9.67. The van der Waals surface area contributed by atoms with Crippen LogP contribution in [0, 0.1) is 11.3 Å². The van der Waals surface area contributed by atoms with Crippen LogP contribution in [0.3, 0.4) is 0 Å². The lowest BCUT2D eigenvalue weighted by Gasteiger charge is -2.37. The topological polar surface area (TPSA) is 61.4 Å². The summed E-state index contributed by atoms with van der Waals surface area (Å²) < 4.78 is 0. The minimum Gasteiger partial charge on any atom is -0.326 e. The number of anilines is 2. The Labute approximate surface area is 184 Å². The number of nitrogens with zero attached hydrogens (tertiary/aromatic N) is 1. The van der Waals surface area contributed by atoms with E-state index in [4.69, 9.17) is 0 Å². The molecule has 0 spiro atoms. The zero-order chi connectivity index (χ0) is 20.3. The predicted octanol–water partition coefficient (Wildman–Crippen LogP) is 4.03. The Morgan fingerprint density at radius 3 is 2.57 bits per heavy atom. The van der Waals surface area contributed by atoms with Crippen molar-refractivity contribution in [3.05, 3.63) is 60.2 Å². The molecule has 6 heteroatoms. The fourth-order valence-corrected chi connectivity index (χ4v) is 4.74. The van der Waals surface area contributed by atoms with Gasteiger partial charge in [0.05, 0.1) is 11.8 Å². The molecule has 4 rings (SSSR count). The lowest BCUT2D eigenvalue weighted by Crippen LogP contribution is -2.44. The third kappa shape index (κ3) is 4.52. The highest BCUT2D eigenvalue weighted by molar-refractivity contribution is 5.96. The van der Waals surface area contributed by atoms with Crippen LogP contribution in [-0.2, 0) is 16.0 Å². The largest absolute Gasteiger partial charge is 0.326 e. The summed E-state index contributed by atoms with van der Waals surface area (Å²) in [5, 5.41) is 6.55. The lowest BCUT2D eigenvalue weighted by molar-refractivity contribution is -0.128. The second-order valence-electron chi connectivity index (χ2n) is 8.35. The maximum atomic E-state index is 13.1. The van der Waals surface area contributed by atoms with Gasteiger partial charge in [-0.2, -0.15) is 0 Å². The van der Waals surface area contributed by atoms with Crippen molar-refractivity contribution in [1.82, 2.24) is 5.32 Å². The number of fused-ring (bicyclic) bond motifs is 1. The van der Waals surface area contributed by atoms with Gasteiger partial charge in [-0.1, -0.05) is 43.2 Å². The van der Waals surface area contributed by atoms with Crippen molar-refractivity contribution in [2.75, 3.05) is 30.4 Å². The van der Waals surface area contributed by atoms with Crippen LogP contribution in [0.2, 0.25) is 0 Å². The summed E-state index contributed by atoms with van der Waals surface area (Å²) in [6, 6.07) is 17.3. The fourth-order valence-electron chi connectivity index (χ4n) is 4.74. The molecular formula is C24H30ClN3O2. The molecule has 160 valence electrons. The van der Waals surface area contributed by atoms with Crippen molar-refractivity contribution >= 4 is 35.6 Å². The Kier molecular flexibility index (Phi) is 7.16. The van der Waals surface area contributed by atoms with E-state index in [2.05, 4.69) is 10.6 Å². The van der Waals surface area contributed by atoms with Crippen LogP contribution in [0.4, 0.5) is 11.4 Å². The molecule has 5 nitrogen and oxygen atoms in total. The van der Waals surface area contributed by atoms with Crippen LogP contribution in [0.15, 0.2) is 54.6 Å². The van der Waals surface area contributed by atoms with Gasteiger partial charge in [-0.3, -0.25) is 9.59 Å². The molecular weight excluding hydrogens is 398 g/mol. The summed E-state index contributed by atoms with van der Waals surface area (Å²) in [6.45, 7) is 1.73. The van der Waals surface area contributed by atoms with Gasteiger partial charge in [0.2, 0.25) is 11.8 Å². The summed E-state index contributed by atoms with van der Waals surface area (Å²) in [5.74, 6) is 0.621. The van der Waals surface area contributed by atoms with Gasteiger partial charge in [-0.25, -0.2) is 0 Å². The average molecular weight is 428 g/mol. The highest BCUT2D eigenvalue weighted by Gasteiger charge is 2.49. The van der Waals surface area contributed by atoms with E-state index in [0.717, 1.165) is 49.3 Å². The zero-order valence-electron chi connectivity index (χ0n) is 17.4. The van der Waals surface area contributed by atoms with Crippen LogP contribution in [0.5, 0.6) is 0 Å². The molecule has 0 aromatic heterocycles. The first-order valence-corrected chi connectivity index (χ1v) is 10.5. The van der Waals surface area contributed by atoms with E-state index in [9.17, 15) is 9.59 Å². The van der Waals surface area contributed by atoms with Crippen molar-refractivity contribution < 1.29 is 9.59 Å². The maximum absolute atomic E-state index is 13.1. The minimum atomic E-state index is -0.259. The highest BCUT2D eigenvalue weighted by Crippen LogP contribution is 2.44. The third-order valence-electron chi connectivity index (χ3n) is 6.58. The van der Waals surface area contributed by atoms with Crippen LogP contribution in [0.1, 0.15) is 31.2 Å². The molecule has 0 unspecified atom stereocenters. The fraction of sp³-hybridized carbons (Fsp3) is 0.417. The number of carbonyl (C=O) groups is 2. The number of hydrogen-bond acceptors (Lipinski definition) is 3. The first-order chi connectivity index (χ1) is 14.1. The molecule has 1 aliphatic carbocycles. The number of carbonyl (C=O) groups excluding carboxylic acids is 2. The summed E-state index contributed by atoms with van der Waals surface area (Å²) >= 11 is 0. The van der Waals surface area contributed by atoms with E-state index in [-0.39, 0.29) is 29.6 Å². The van der Waals surface area contributed by atoms with Crippen molar-refractivity contribution in [2.45, 2.75) is 32.1 Å². The number of nitrogens with one attached hydrogen (secondary N) is 2. The van der Waals surface area contributed by atoms with Gasteiger partial charge in [-0.15, -0.1) is 12.4 Å². The van der Waals surface area contributed by atoms with E-state index in [1.54, 1.807) is 11.9 Å². The summed E-state index contributed by atoms with van der Waals surface area (Å²) in [6.07, 6.45) is 4.78. The molecule has 0 radical (unpaired) electrons. The number of hydrogen-bond donors (Lipinski definition) is 2. The van der Waals surface area contributed by atoms with Gasteiger partial charge in [0.25, 0.3) is 0 Å². The number of benzene rings is 2. The molecule has 2 fully saturated rings. The minimum absolute atomic E-state index is 0. The number of para-hydroxylation sites is 1. The Morgan fingerprint density at radius 1 is 1.10 bits per heavy atom. The Balaban J connectivity index is 0.00000256. The van der Waals surface area contributed by atoms with Crippen LogP contribution in [0.25, 0.3) is 0 Å². The third-order valence-corrected chi connectivity index (χ3v) is 6.58. The standard InChI is InChI=1S/C24H29N3O2.ClH/c1-27(21-8-3-2-4-9-21)22(28)15-18-10-12-20(13-11-18)26-23(29)24-14-6-5-7-19(24)16-25-17-24;/h2-4,8-13,19,25H,5-7,14-17H2,1H3,(H,26,29);1H/t19-,24+;/m0./s1. The Morgan fingerprint density at radius 2 is 1.83 bits per heavy atom. The molecule has 2 N–H and O–H groups in total. The van der Waals surface area contributed by atoms with Gasteiger partial charge in [-0.05, 0) is 55.1 Å². The molecule has 2 aromatic carbocycles. The van der Waals surface area contributed by atoms with E-state index in [1.165, 1.54) is 6.42 Å². The summed E-state index contributed by atoms with van der Waals surface area (Å²) in [7, 11) is 1.79. The Bertz CT molecular complexity index is 872. The van der Waals surface area contributed by atoms with Crippen molar-refractivity contribution in [3.8, 4) is 0 Å². The molecule has 1 saturated heterocycles. The summed E-state index contributed by atoms with van der Waals surface area (Å²) in [5.41, 5.74) is 2.36. The first-order valence-electron chi connectivity index (χ1n) is 10.5.